The molecule has 0 heterocycles. The first-order valence-electron chi connectivity index (χ1n) is 5.27. The van der Waals surface area contributed by atoms with Gasteiger partial charge in [0.25, 0.3) is 0 Å². The van der Waals surface area contributed by atoms with Crippen molar-refractivity contribution in [3.63, 3.8) is 0 Å². The van der Waals surface area contributed by atoms with E-state index in [1.165, 1.54) is 30.3 Å². The average molecular weight is 243 g/mol. The number of hydrogen-bond acceptors (Lipinski definition) is 3. The van der Waals surface area contributed by atoms with Crippen LogP contribution in [-0.2, 0) is 0 Å². The highest BCUT2D eigenvalue weighted by molar-refractivity contribution is 6.34. The normalized spacial score (nSPS) is 9.83. The molecular weight excluding hydrogens is 233 g/mol. The lowest BCUT2D eigenvalue weighted by Crippen LogP contribution is -1.99. The van der Waals surface area contributed by atoms with Crippen molar-refractivity contribution in [2.75, 3.05) is 0 Å². The second kappa shape index (κ2) is 5.23. The highest BCUT2D eigenvalue weighted by atomic mass is 19.1. The molecule has 2 aromatic carbocycles. The zero-order chi connectivity index (χ0) is 13.0. The fourth-order valence-corrected chi connectivity index (χ4v) is 1.43. The molecule has 0 radical (unpaired) electrons. The predicted octanol–water partition coefficient (Wildman–Crippen LogP) is 3.45. The van der Waals surface area contributed by atoms with Gasteiger partial charge in [0, 0.05) is 5.56 Å². The Morgan fingerprint density at radius 1 is 1.11 bits per heavy atom. The molecule has 0 fully saturated rings. The monoisotopic (exact) mass is 243 g/mol. The summed E-state index contributed by atoms with van der Waals surface area (Å²) in [5, 5.41) is 6.90. The van der Waals surface area contributed by atoms with Crippen LogP contribution in [0.4, 0.5) is 4.39 Å². The lowest BCUT2D eigenvalue weighted by atomic mass is 10.1. The van der Waals surface area contributed by atoms with Gasteiger partial charge in [-0.05, 0) is 36.4 Å². The highest BCUT2D eigenvalue weighted by Gasteiger charge is 2.04. The van der Waals surface area contributed by atoms with E-state index in [4.69, 9.17) is 10.1 Å². The molecule has 0 saturated heterocycles. The highest BCUT2D eigenvalue weighted by Crippen LogP contribution is 2.22. The molecule has 3 nitrogen and oxygen atoms in total. The van der Waals surface area contributed by atoms with Crippen LogP contribution in [0.2, 0.25) is 0 Å². The maximum atomic E-state index is 12.7. The van der Waals surface area contributed by atoms with E-state index in [2.05, 4.69) is 0 Å². The second-order valence-corrected chi connectivity index (χ2v) is 3.59. The topological polar surface area (TPSA) is 50.2 Å². The Kier molecular flexibility index (Phi) is 3.48. The SMILES string of the molecule is N=CC(=O)c1cccc(Oc2ccc(F)cc2)c1. The molecule has 1 N–H and O–H groups in total. The molecule has 0 aromatic heterocycles. The number of nitrogens with one attached hydrogen (secondary N) is 1. The van der Waals surface area contributed by atoms with Crippen molar-refractivity contribution in [3.8, 4) is 11.5 Å². The largest absolute Gasteiger partial charge is 0.457 e. The van der Waals surface area contributed by atoms with Crippen molar-refractivity contribution in [3.05, 3.63) is 59.9 Å². The lowest BCUT2D eigenvalue weighted by Gasteiger charge is -2.06. The van der Waals surface area contributed by atoms with E-state index >= 15 is 0 Å². The summed E-state index contributed by atoms with van der Waals surface area (Å²) in [6.45, 7) is 0. The van der Waals surface area contributed by atoms with Crippen molar-refractivity contribution in [1.29, 1.82) is 5.41 Å². The molecule has 2 aromatic rings. The Hall–Kier alpha value is -2.49. The van der Waals surface area contributed by atoms with Crippen LogP contribution in [0.15, 0.2) is 48.5 Å². The summed E-state index contributed by atoms with van der Waals surface area (Å²) in [6.07, 6.45) is 0.747. The van der Waals surface area contributed by atoms with Crippen LogP contribution in [0.25, 0.3) is 0 Å². The molecular formula is C14H10FNO2. The molecule has 0 bridgehead atoms. The van der Waals surface area contributed by atoms with Crippen LogP contribution in [-0.4, -0.2) is 12.0 Å². The fourth-order valence-electron chi connectivity index (χ4n) is 1.43. The third-order valence-corrected chi connectivity index (χ3v) is 2.30. The zero-order valence-corrected chi connectivity index (χ0v) is 9.39. The van der Waals surface area contributed by atoms with Crippen molar-refractivity contribution in [1.82, 2.24) is 0 Å². The maximum Gasteiger partial charge on any atom is 0.203 e. The molecule has 0 saturated carbocycles. The Morgan fingerprint density at radius 2 is 1.83 bits per heavy atom. The molecule has 0 aliphatic rings. The van der Waals surface area contributed by atoms with Gasteiger partial charge in [-0.1, -0.05) is 12.1 Å². The maximum absolute atomic E-state index is 12.7. The molecule has 2 rings (SSSR count). The van der Waals surface area contributed by atoms with E-state index < -0.39 is 0 Å². The van der Waals surface area contributed by atoms with Gasteiger partial charge in [0.15, 0.2) is 0 Å². The average Bonchev–Trinajstić information content (AvgIpc) is 2.41. The molecule has 0 aliphatic heterocycles. The minimum atomic E-state index is -0.389. The molecule has 0 atom stereocenters. The third-order valence-electron chi connectivity index (χ3n) is 2.30. The molecule has 0 unspecified atom stereocenters. The van der Waals surface area contributed by atoms with Gasteiger partial charge >= 0.3 is 0 Å². The molecule has 0 amide bonds. The molecule has 0 spiro atoms. The van der Waals surface area contributed by atoms with Crippen LogP contribution in [0, 0.1) is 11.2 Å². The van der Waals surface area contributed by atoms with Gasteiger partial charge in [-0.2, -0.15) is 0 Å². The summed E-state index contributed by atoms with van der Waals surface area (Å²) in [5.41, 5.74) is 0.379. The van der Waals surface area contributed by atoms with Crippen LogP contribution in [0.3, 0.4) is 0 Å². The Labute approximate surface area is 103 Å². The lowest BCUT2D eigenvalue weighted by molar-refractivity contribution is 0.107. The van der Waals surface area contributed by atoms with Crippen LogP contribution in [0.1, 0.15) is 10.4 Å². The summed E-state index contributed by atoms with van der Waals surface area (Å²) in [5.74, 6) is 0.222. The van der Waals surface area contributed by atoms with E-state index in [-0.39, 0.29) is 11.6 Å². The summed E-state index contributed by atoms with van der Waals surface area (Å²) in [4.78, 5) is 11.3. The second-order valence-electron chi connectivity index (χ2n) is 3.59. The van der Waals surface area contributed by atoms with Gasteiger partial charge < -0.3 is 10.1 Å². The number of Topliss-reactive ketones (excluding diaryl/α,β-unsaturated/α-hetero) is 1. The standard InChI is InChI=1S/C14H10FNO2/c15-11-4-6-12(7-5-11)18-13-3-1-2-10(8-13)14(17)9-16/h1-9,16H. The number of rotatable bonds is 4. The number of hydrogen-bond donors (Lipinski definition) is 1. The van der Waals surface area contributed by atoms with E-state index in [9.17, 15) is 9.18 Å². The van der Waals surface area contributed by atoms with Crippen molar-refractivity contribution in [2.24, 2.45) is 0 Å². The molecule has 90 valence electrons. The summed E-state index contributed by atoms with van der Waals surface area (Å²) < 4.78 is 18.2. The van der Waals surface area contributed by atoms with Gasteiger partial charge in [-0.15, -0.1) is 0 Å². The number of halogens is 1. The summed E-state index contributed by atoms with van der Waals surface area (Å²) in [6, 6.07) is 12.1. The Bertz CT molecular complexity index is 579. The first-order chi connectivity index (χ1) is 8.69. The Balaban J connectivity index is 2.21. The van der Waals surface area contributed by atoms with E-state index in [0.717, 1.165) is 6.21 Å². The number of ketones is 1. The van der Waals surface area contributed by atoms with Crippen LogP contribution < -0.4 is 4.74 Å². The number of benzene rings is 2. The van der Waals surface area contributed by atoms with E-state index in [1.807, 2.05) is 0 Å². The predicted molar refractivity (Wildman–Crippen MR) is 66.0 cm³/mol. The van der Waals surface area contributed by atoms with Crippen LogP contribution in [0.5, 0.6) is 11.5 Å². The third kappa shape index (κ3) is 2.79. The number of carbonyl (C=O) groups is 1. The number of carbonyl (C=O) groups excluding carboxylic acids is 1. The van der Waals surface area contributed by atoms with Gasteiger partial charge in [-0.25, -0.2) is 4.39 Å². The minimum Gasteiger partial charge on any atom is -0.457 e. The summed E-state index contributed by atoms with van der Waals surface area (Å²) in [7, 11) is 0. The first-order valence-corrected chi connectivity index (χ1v) is 5.27. The first kappa shape index (κ1) is 12.0. The van der Waals surface area contributed by atoms with Crippen molar-refractivity contribution >= 4 is 12.0 Å². The smallest absolute Gasteiger partial charge is 0.203 e. The zero-order valence-electron chi connectivity index (χ0n) is 9.39. The van der Waals surface area contributed by atoms with Crippen molar-refractivity contribution < 1.29 is 13.9 Å². The van der Waals surface area contributed by atoms with Crippen LogP contribution >= 0.6 is 0 Å². The van der Waals surface area contributed by atoms with E-state index in [1.54, 1.807) is 18.2 Å². The quantitative estimate of drug-likeness (QED) is 0.660. The van der Waals surface area contributed by atoms with Gasteiger partial charge in [0.2, 0.25) is 5.78 Å². The van der Waals surface area contributed by atoms with Crippen molar-refractivity contribution in [2.45, 2.75) is 0 Å². The molecule has 0 aliphatic carbocycles. The van der Waals surface area contributed by atoms with E-state index in [0.29, 0.717) is 17.1 Å². The minimum absolute atomic E-state index is 0.338. The fraction of sp³-hybridized carbons (Fsp3) is 0. The molecule has 18 heavy (non-hydrogen) atoms. The summed E-state index contributed by atoms with van der Waals surface area (Å²) >= 11 is 0. The van der Waals surface area contributed by atoms with Gasteiger partial charge in [-0.3, -0.25) is 4.79 Å². The Morgan fingerprint density at radius 3 is 2.50 bits per heavy atom. The van der Waals surface area contributed by atoms with Gasteiger partial charge in [0.1, 0.15) is 17.3 Å². The van der Waals surface area contributed by atoms with Gasteiger partial charge in [0.05, 0.1) is 6.21 Å². The number of ether oxygens (including phenoxy) is 1. The molecule has 4 heteroatoms.